The van der Waals surface area contributed by atoms with Crippen molar-refractivity contribution in [1.82, 2.24) is 4.90 Å². The van der Waals surface area contributed by atoms with Gasteiger partial charge >= 0.3 is 5.97 Å². The van der Waals surface area contributed by atoms with Crippen LogP contribution in [0.1, 0.15) is 36.5 Å². The minimum Gasteiger partial charge on any atom is -0.508 e. The van der Waals surface area contributed by atoms with E-state index in [1.165, 1.54) is 17.0 Å². The van der Waals surface area contributed by atoms with Gasteiger partial charge in [-0.25, -0.2) is 4.39 Å². The van der Waals surface area contributed by atoms with Crippen molar-refractivity contribution >= 4 is 11.9 Å². The Morgan fingerprint density at radius 3 is 2.65 bits per heavy atom. The van der Waals surface area contributed by atoms with Gasteiger partial charge in [-0.2, -0.15) is 0 Å². The van der Waals surface area contributed by atoms with E-state index >= 15 is 0 Å². The van der Waals surface area contributed by atoms with Crippen molar-refractivity contribution in [1.29, 1.82) is 0 Å². The molecular formula is C16H20FNO5. The van der Waals surface area contributed by atoms with E-state index in [1.54, 1.807) is 0 Å². The summed E-state index contributed by atoms with van der Waals surface area (Å²) in [5.74, 6) is -2.84. The lowest BCUT2D eigenvalue weighted by molar-refractivity contribution is -0.162. The molecule has 2 rings (SSSR count). The molecule has 7 heteroatoms. The number of amides is 1. The van der Waals surface area contributed by atoms with E-state index in [4.69, 9.17) is 0 Å². The van der Waals surface area contributed by atoms with Crippen LogP contribution >= 0.6 is 0 Å². The van der Waals surface area contributed by atoms with Crippen molar-refractivity contribution < 1.29 is 29.3 Å². The molecule has 1 saturated heterocycles. The number of aliphatic carboxylic acids is 1. The predicted octanol–water partition coefficient (Wildman–Crippen LogP) is 1.61. The number of hydrogen-bond donors (Lipinski definition) is 3. The van der Waals surface area contributed by atoms with Gasteiger partial charge in [0.05, 0.1) is 17.1 Å². The lowest BCUT2D eigenvalue weighted by Crippen LogP contribution is -2.56. The number of piperidine rings is 1. The third kappa shape index (κ3) is 3.14. The zero-order chi connectivity index (χ0) is 17.2. The zero-order valence-electron chi connectivity index (χ0n) is 12.8. The molecule has 6 nitrogen and oxygen atoms in total. The smallest absolute Gasteiger partial charge is 0.312 e. The fourth-order valence-electron chi connectivity index (χ4n) is 3.10. The van der Waals surface area contributed by atoms with E-state index in [0.29, 0.717) is 12.8 Å². The molecule has 1 amide bonds. The van der Waals surface area contributed by atoms with Gasteiger partial charge in [0.25, 0.3) is 5.91 Å². The molecule has 126 valence electrons. The number of β-amino-alcohol motifs (C(OH)–C–C–N with tert-alkyl or cyclic N) is 1. The minimum atomic E-state index is -1.26. The van der Waals surface area contributed by atoms with Crippen LogP contribution in [0.5, 0.6) is 5.75 Å². The molecule has 0 aliphatic carbocycles. The van der Waals surface area contributed by atoms with Crippen LogP contribution in [0.4, 0.5) is 4.39 Å². The first-order valence-corrected chi connectivity index (χ1v) is 7.51. The third-order valence-corrected chi connectivity index (χ3v) is 4.45. The predicted molar refractivity (Wildman–Crippen MR) is 79.6 cm³/mol. The highest BCUT2D eigenvalue weighted by Crippen LogP contribution is 2.37. The quantitative estimate of drug-likeness (QED) is 0.781. The van der Waals surface area contributed by atoms with Gasteiger partial charge in [-0.15, -0.1) is 0 Å². The second kappa shape index (κ2) is 6.54. The Labute approximate surface area is 133 Å². The van der Waals surface area contributed by atoms with E-state index in [2.05, 4.69) is 0 Å². The Morgan fingerprint density at radius 2 is 2.13 bits per heavy atom. The number of aromatic hydroxyl groups is 1. The number of benzene rings is 1. The summed E-state index contributed by atoms with van der Waals surface area (Å²) in [6.07, 6.45) is -0.177. The van der Waals surface area contributed by atoms with E-state index in [1.807, 2.05) is 6.92 Å². The third-order valence-electron chi connectivity index (χ3n) is 4.45. The molecule has 0 unspecified atom stereocenters. The molecule has 1 fully saturated rings. The number of rotatable bonds is 4. The average Bonchev–Trinajstić information content (AvgIpc) is 2.48. The largest absolute Gasteiger partial charge is 0.508 e. The Balaban J connectivity index is 2.19. The molecular weight excluding hydrogens is 305 g/mol. The minimum absolute atomic E-state index is 0.114. The van der Waals surface area contributed by atoms with Gasteiger partial charge in [-0.3, -0.25) is 9.59 Å². The van der Waals surface area contributed by atoms with Gasteiger partial charge in [0.15, 0.2) is 0 Å². The lowest BCUT2D eigenvalue weighted by atomic mass is 9.72. The number of phenolic OH excluding ortho intramolecular Hbond substituents is 1. The summed E-state index contributed by atoms with van der Waals surface area (Å²) in [5.41, 5.74) is -1.48. The van der Waals surface area contributed by atoms with Crippen LogP contribution in [0.25, 0.3) is 0 Å². The van der Waals surface area contributed by atoms with Crippen LogP contribution in [-0.4, -0.2) is 51.3 Å². The number of carbonyl (C=O) groups excluding carboxylic acids is 1. The summed E-state index contributed by atoms with van der Waals surface area (Å²) < 4.78 is 13.8. The van der Waals surface area contributed by atoms with Crippen molar-refractivity contribution in [3.8, 4) is 5.75 Å². The molecule has 1 aliphatic rings. The topological polar surface area (TPSA) is 98.1 Å². The van der Waals surface area contributed by atoms with E-state index in [0.717, 1.165) is 6.07 Å². The number of aliphatic hydroxyl groups is 1. The summed E-state index contributed by atoms with van der Waals surface area (Å²) in [4.78, 5) is 25.2. The molecule has 1 aliphatic heterocycles. The van der Waals surface area contributed by atoms with Crippen molar-refractivity contribution in [2.45, 2.75) is 32.3 Å². The zero-order valence-corrected chi connectivity index (χ0v) is 12.8. The molecule has 0 saturated carbocycles. The number of carbonyl (C=O) groups is 2. The number of phenols is 1. The monoisotopic (exact) mass is 325 g/mol. The number of halogens is 1. The van der Waals surface area contributed by atoms with Crippen LogP contribution in [0, 0.1) is 11.2 Å². The maximum Gasteiger partial charge on any atom is 0.312 e. The normalized spacial score (nSPS) is 24.5. The number of carboxylic acids is 1. The molecule has 23 heavy (non-hydrogen) atoms. The van der Waals surface area contributed by atoms with E-state index in [9.17, 15) is 29.3 Å². The first-order chi connectivity index (χ1) is 10.8. The molecule has 1 aromatic rings. The van der Waals surface area contributed by atoms with Crippen LogP contribution < -0.4 is 0 Å². The van der Waals surface area contributed by atoms with Crippen molar-refractivity contribution in [3.05, 3.63) is 29.6 Å². The summed E-state index contributed by atoms with van der Waals surface area (Å²) in [6.45, 7) is 1.80. The highest BCUT2D eigenvalue weighted by Gasteiger charge is 2.48. The number of nitrogens with zero attached hydrogens (tertiary/aromatic N) is 1. The Bertz CT molecular complexity index is 620. The average molecular weight is 325 g/mol. The SMILES string of the molecule is CCC[C@]1(C(=O)O)CCN(C(=O)c2ccc(O)cc2F)C[C@@H]1O. The number of hydrogen-bond acceptors (Lipinski definition) is 4. The maximum atomic E-state index is 13.8. The molecule has 0 bridgehead atoms. The lowest BCUT2D eigenvalue weighted by Gasteiger charge is -2.42. The molecule has 0 radical (unpaired) electrons. The highest BCUT2D eigenvalue weighted by atomic mass is 19.1. The van der Waals surface area contributed by atoms with Gasteiger partial charge in [0.1, 0.15) is 11.6 Å². The van der Waals surface area contributed by atoms with Crippen molar-refractivity contribution in [2.75, 3.05) is 13.1 Å². The molecule has 0 spiro atoms. The molecule has 3 N–H and O–H groups in total. The second-order valence-electron chi connectivity index (χ2n) is 5.89. The second-order valence-corrected chi connectivity index (χ2v) is 5.89. The Kier molecular flexibility index (Phi) is 4.89. The van der Waals surface area contributed by atoms with Crippen molar-refractivity contribution in [3.63, 3.8) is 0 Å². The summed E-state index contributed by atoms with van der Waals surface area (Å²) in [6, 6.07) is 3.21. The standard InChI is InChI=1S/C16H20FNO5/c1-2-5-16(15(22)23)6-7-18(9-13(16)20)14(21)11-4-3-10(19)8-12(11)17/h3-4,8,13,19-20H,2,5-7,9H2,1H3,(H,22,23)/t13-,16-/m0/s1. The summed E-state index contributed by atoms with van der Waals surface area (Å²) in [5, 5.41) is 28.9. The summed E-state index contributed by atoms with van der Waals surface area (Å²) >= 11 is 0. The van der Waals surface area contributed by atoms with Gasteiger partial charge in [0, 0.05) is 19.2 Å². The first-order valence-electron chi connectivity index (χ1n) is 7.51. The van der Waals surface area contributed by atoms with Crippen LogP contribution in [-0.2, 0) is 4.79 Å². The highest BCUT2D eigenvalue weighted by molar-refractivity contribution is 5.95. The number of likely N-dealkylation sites (tertiary alicyclic amines) is 1. The van der Waals surface area contributed by atoms with E-state index < -0.39 is 29.2 Å². The maximum absolute atomic E-state index is 13.8. The van der Waals surface area contributed by atoms with Crippen LogP contribution in [0.15, 0.2) is 18.2 Å². The van der Waals surface area contributed by atoms with Gasteiger partial charge < -0.3 is 20.2 Å². The fraction of sp³-hybridized carbons (Fsp3) is 0.500. The Hall–Kier alpha value is -2.15. The van der Waals surface area contributed by atoms with Crippen LogP contribution in [0.3, 0.4) is 0 Å². The van der Waals surface area contributed by atoms with Gasteiger partial charge in [0.2, 0.25) is 0 Å². The Morgan fingerprint density at radius 1 is 1.43 bits per heavy atom. The number of carboxylic acid groups (broad SMARTS) is 1. The van der Waals surface area contributed by atoms with Crippen molar-refractivity contribution in [2.24, 2.45) is 5.41 Å². The molecule has 0 aromatic heterocycles. The summed E-state index contributed by atoms with van der Waals surface area (Å²) in [7, 11) is 0. The van der Waals surface area contributed by atoms with Gasteiger partial charge in [-0.1, -0.05) is 13.3 Å². The molecule has 2 atom stereocenters. The molecule has 1 aromatic carbocycles. The van der Waals surface area contributed by atoms with Crippen LogP contribution in [0.2, 0.25) is 0 Å². The fourth-order valence-corrected chi connectivity index (χ4v) is 3.10. The first kappa shape index (κ1) is 17.2. The number of aliphatic hydroxyl groups excluding tert-OH is 1. The van der Waals surface area contributed by atoms with E-state index in [-0.39, 0.29) is 30.8 Å². The van der Waals surface area contributed by atoms with Gasteiger partial charge in [-0.05, 0) is 25.0 Å². The molecule has 1 heterocycles.